The number of amides is 3. The first-order chi connectivity index (χ1) is 23.7. The average Bonchev–Trinajstić information content (AvgIpc) is 3.10. The number of benzene rings is 1. The van der Waals surface area contributed by atoms with Gasteiger partial charge in [0.1, 0.15) is 29.1 Å². The Morgan fingerprint density at radius 3 is 2.45 bits per heavy atom. The molecular weight excluding hydrogens is 628 g/mol. The third-order valence-corrected chi connectivity index (χ3v) is 9.98. The van der Waals surface area contributed by atoms with Crippen LogP contribution < -0.4 is 30.6 Å². The lowest BCUT2D eigenvalue weighted by molar-refractivity contribution is -0.134. The van der Waals surface area contributed by atoms with Crippen LogP contribution in [0.4, 0.5) is 5.82 Å². The van der Waals surface area contributed by atoms with E-state index in [0.717, 1.165) is 72.6 Å². The minimum Gasteiger partial charge on any atom is -0.496 e. The molecule has 14 nitrogen and oxygen atoms in total. The Morgan fingerprint density at radius 2 is 1.76 bits per heavy atom. The van der Waals surface area contributed by atoms with Crippen LogP contribution >= 0.6 is 0 Å². The molecule has 7 rings (SSSR count). The van der Waals surface area contributed by atoms with Gasteiger partial charge in [0.2, 0.25) is 11.8 Å². The van der Waals surface area contributed by atoms with Gasteiger partial charge < -0.3 is 24.3 Å². The van der Waals surface area contributed by atoms with Crippen molar-refractivity contribution in [2.75, 3.05) is 45.3 Å². The molecule has 14 heteroatoms. The molecule has 6 heterocycles. The number of piperidine rings is 2. The van der Waals surface area contributed by atoms with Crippen molar-refractivity contribution in [1.29, 1.82) is 0 Å². The van der Waals surface area contributed by atoms with Crippen LogP contribution in [0.5, 0.6) is 11.5 Å². The number of fused-ring (bicyclic) bond motifs is 1. The highest BCUT2D eigenvalue weighted by Gasteiger charge is 2.45. The largest absolute Gasteiger partial charge is 0.496 e. The number of aromatic nitrogens is 4. The molecule has 3 saturated heterocycles. The predicted octanol–water partition coefficient (Wildman–Crippen LogP) is 2.05. The first-order valence-corrected chi connectivity index (χ1v) is 16.3. The van der Waals surface area contributed by atoms with Gasteiger partial charge in [-0.15, -0.1) is 0 Å². The number of methoxy groups -OCH3 is 2. The molecular formula is C35H38N8O6. The summed E-state index contributed by atoms with van der Waals surface area (Å²) in [6.45, 7) is 4.11. The minimum absolute atomic E-state index is 0.101. The number of rotatable bonds is 8. The van der Waals surface area contributed by atoms with Crippen LogP contribution in [0.15, 0.2) is 54.0 Å². The van der Waals surface area contributed by atoms with Crippen LogP contribution in [0, 0.1) is 5.41 Å². The molecule has 254 valence electrons. The Hall–Kier alpha value is -5.37. The van der Waals surface area contributed by atoms with E-state index in [0.29, 0.717) is 17.7 Å². The average molecular weight is 667 g/mol. The highest BCUT2D eigenvalue weighted by Crippen LogP contribution is 2.43. The fraction of sp³-hybridized carbons (Fsp3) is 0.400. The molecule has 2 N–H and O–H groups in total. The molecule has 4 aromatic rings. The number of ether oxygens (including phenoxy) is 2. The van der Waals surface area contributed by atoms with Crippen LogP contribution in [0.1, 0.15) is 41.7 Å². The molecule has 3 amide bonds. The van der Waals surface area contributed by atoms with Crippen molar-refractivity contribution in [2.45, 2.75) is 38.3 Å². The Balaban J connectivity index is 0.999. The Kier molecular flexibility index (Phi) is 8.49. The monoisotopic (exact) mass is 666 g/mol. The van der Waals surface area contributed by atoms with E-state index in [9.17, 15) is 19.2 Å². The van der Waals surface area contributed by atoms with E-state index in [1.165, 1.54) is 6.20 Å². The first-order valence-electron chi connectivity index (χ1n) is 16.3. The third-order valence-electron chi connectivity index (χ3n) is 9.98. The number of anilines is 1. The number of aryl methyl sites for hydroxylation is 1. The summed E-state index contributed by atoms with van der Waals surface area (Å²) in [7, 11) is 5.06. The standard InChI is InChI=1S/C35H38N8O6/c1-41-17-24(22-6-9-36-14-23(22)34(41)47)21-12-28(48-2)25(29(13-21)49-3)18-42-10-7-35(8-11-42)19-43(20-35)30-16-37-15-27(38-30)33(46)39-26-4-5-31(44)40-32(26)45/h6,9,12-17,26H,4-5,7-8,10-11,18-20H2,1-3H3,(H,39,46)(H,40,44,45). The molecule has 1 atom stereocenters. The molecule has 1 unspecified atom stereocenters. The summed E-state index contributed by atoms with van der Waals surface area (Å²) < 4.78 is 13.4. The Bertz CT molecular complexity index is 1990. The Labute approximate surface area is 282 Å². The number of imide groups is 1. The maximum atomic E-state index is 12.8. The van der Waals surface area contributed by atoms with Crippen molar-refractivity contribution in [3.05, 3.63) is 70.8 Å². The summed E-state index contributed by atoms with van der Waals surface area (Å²) in [5.41, 5.74) is 2.93. The van der Waals surface area contributed by atoms with Crippen LogP contribution in [0.25, 0.3) is 21.9 Å². The summed E-state index contributed by atoms with van der Waals surface area (Å²) in [5.74, 6) is 0.731. The molecule has 49 heavy (non-hydrogen) atoms. The van der Waals surface area contributed by atoms with Gasteiger partial charge in [-0.1, -0.05) is 0 Å². The summed E-state index contributed by atoms with van der Waals surface area (Å²) in [5, 5.41) is 6.28. The second-order valence-corrected chi connectivity index (χ2v) is 13.1. The number of carbonyl (C=O) groups is 3. The van der Waals surface area contributed by atoms with Crippen molar-refractivity contribution in [2.24, 2.45) is 12.5 Å². The van der Waals surface area contributed by atoms with E-state index >= 15 is 0 Å². The molecule has 3 aromatic heterocycles. The maximum Gasteiger partial charge on any atom is 0.272 e. The predicted molar refractivity (Wildman–Crippen MR) is 180 cm³/mol. The summed E-state index contributed by atoms with van der Waals surface area (Å²) >= 11 is 0. The number of hydrogen-bond donors (Lipinski definition) is 2. The van der Waals surface area contributed by atoms with Gasteiger partial charge in [0, 0.05) is 62.7 Å². The third kappa shape index (κ3) is 6.19. The van der Waals surface area contributed by atoms with E-state index in [1.807, 2.05) is 24.4 Å². The van der Waals surface area contributed by atoms with Crippen molar-refractivity contribution >= 4 is 34.3 Å². The highest BCUT2D eigenvalue weighted by atomic mass is 16.5. The second-order valence-electron chi connectivity index (χ2n) is 13.1. The van der Waals surface area contributed by atoms with Gasteiger partial charge in [-0.25, -0.2) is 4.98 Å². The molecule has 3 fully saturated rings. The van der Waals surface area contributed by atoms with Gasteiger partial charge in [-0.3, -0.25) is 39.4 Å². The van der Waals surface area contributed by atoms with Crippen molar-refractivity contribution in [1.82, 2.24) is 35.1 Å². The SMILES string of the molecule is COc1cc(-c2cn(C)c(=O)c3cnccc23)cc(OC)c1CN1CCC2(CC1)CN(c1cncc(C(=O)NC3CCC(=O)NC3=O)n1)C2. The number of carbonyl (C=O) groups excluding carboxylic acids is 3. The molecule has 0 saturated carbocycles. The quantitative estimate of drug-likeness (QED) is 0.265. The molecule has 3 aliphatic heterocycles. The number of nitrogens with one attached hydrogen (secondary N) is 2. The van der Waals surface area contributed by atoms with Crippen LogP contribution in [-0.4, -0.2) is 88.6 Å². The minimum atomic E-state index is -0.774. The number of nitrogens with zero attached hydrogens (tertiary/aromatic N) is 6. The van der Waals surface area contributed by atoms with Crippen LogP contribution in [-0.2, 0) is 23.2 Å². The zero-order valence-corrected chi connectivity index (χ0v) is 27.7. The summed E-state index contributed by atoms with van der Waals surface area (Å²) in [6, 6.07) is 5.10. The fourth-order valence-corrected chi connectivity index (χ4v) is 7.17. The van der Waals surface area contributed by atoms with Crippen LogP contribution in [0.3, 0.4) is 0 Å². The van der Waals surface area contributed by atoms with Gasteiger partial charge in [0.25, 0.3) is 11.5 Å². The molecule has 0 radical (unpaired) electrons. The second kappa shape index (κ2) is 12.9. The molecule has 1 spiro atoms. The van der Waals surface area contributed by atoms with Crippen molar-refractivity contribution < 1.29 is 23.9 Å². The van der Waals surface area contributed by atoms with Gasteiger partial charge >= 0.3 is 0 Å². The molecule has 3 aliphatic rings. The zero-order chi connectivity index (χ0) is 34.3. The first kappa shape index (κ1) is 32.2. The van der Waals surface area contributed by atoms with Gasteiger partial charge in [-0.05, 0) is 61.5 Å². The maximum absolute atomic E-state index is 12.8. The molecule has 1 aromatic carbocycles. The smallest absolute Gasteiger partial charge is 0.272 e. The molecule has 0 aliphatic carbocycles. The lowest BCUT2D eigenvalue weighted by atomic mass is 9.72. The van der Waals surface area contributed by atoms with E-state index in [1.54, 1.807) is 44.4 Å². The summed E-state index contributed by atoms with van der Waals surface area (Å²) in [4.78, 5) is 66.5. The van der Waals surface area contributed by atoms with Crippen LogP contribution in [0.2, 0.25) is 0 Å². The topological polar surface area (TPSA) is 161 Å². The lowest BCUT2D eigenvalue weighted by Crippen LogP contribution is -2.60. The molecule has 0 bridgehead atoms. The van der Waals surface area contributed by atoms with E-state index in [4.69, 9.17) is 9.47 Å². The van der Waals surface area contributed by atoms with Gasteiger partial charge in [-0.2, -0.15) is 0 Å². The van der Waals surface area contributed by atoms with Crippen molar-refractivity contribution in [3.8, 4) is 22.6 Å². The van der Waals surface area contributed by atoms with Gasteiger partial charge in [0.15, 0.2) is 0 Å². The Morgan fingerprint density at radius 1 is 1.02 bits per heavy atom. The number of pyridine rings is 2. The number of hydrogen-bond acceptors (Lipinski definition) is 11. The number of likely N-dealkylation sites (tertiary alicyclic amines) is 1. The summed E-state index contributed by atoms with van der Waals surface area (Å²) in [6.07, 6.45) is 10.6. The van der Waals surface area contributed by atoms with Gasteiger partial charge in [0.05, 0.1) is 37.6 Å². The fourth-order valence-electron chi connectivity index (χ4n) is 7.17. The highest BCUT2D eigenvalue weighted by molar-refractivity contribution is 6.03. The van der Waals surface area contributed by atoms with E-state index in [-0.39, 0.29) is 35.4 Å². The lowest BCUT2D eigenvalue weighted by Gasteiger charge is -2.54. The van der Waals surface area contributed by atoms with E-state index in [2.05, 4.69) is 35.4 Å². The van der Waals surface area contributed by atoms with E-state index < -0.39 is 17.9 Å². The van der Waals surface area contributed by atoms with Crippen molar-refractivity contribution in [3.63, 3.8) is 0 Å². The normalized spacial score (nSPS) is 19.0. The zero-order valence-electron chi connectivity index (χ0n) is 27.7.